The molecule has 0 bridgehead atoms. The van der Waals surface area contributed by atoms with Crippen LogP contribution in [0.25, 0.3) is 0 Å². The molecule has 1 aliphatic rings. The van der Waals surface area contributed by atoms with E-state index in [-0.39, 0.29) is 29.3 Å². The summed E-state index contributed by atoms with van der Waals surface area (Å²) < 4.78 is 5.22. The first kappa shape index (κ1) is 17.0. The number of rotatable bonds is 5. The molecule has 0 aromatic carbocycles. The lowest BCUT2D eigenvalue weighted by molar-refractivity contribution is -0.156. The summed E-state index contributed by atoms with van der Waals surface area (Å²) in [5, 5.41) is 2.89. The maximum atomic E-state index is 12.8. The van der Waals surface area contributed by atoms with Crippen molar-refractivity contribution in [3.63, 3.8) is 0 Å². The lowest BCUT2D eigenvalue weighted by Crippen LogP contribution is -2.68. The zero-order valence-electron chi connectivity index (χ0n) is 13.5. The van der Waals surface area contributed by atoms with Crippen LogP contribution in [0.3, 0.4) is 0 Å². The Morgan fingerprint density at radius 1 is 1.30 bits per heavy atom. The van der Waals surface area contributed by atoms with Crippen LogP contribution in [0.5, 0.6) is 0 Å². The summed E-state index contributed by atoms with van der Waals surface area (Å²) in [7, 11) is 1.62. The Bertz CT molecular complexity index is 363. The Kier molecular flexibility index (Phi) is 5.57. The fourth-order valence-corrected chi connectivity index (χ4v) is 2.72. The molecule has 1 N–H and O–H groups in total. The van der Waals surface area contributed by atoms with Gasteiger partial charge in [-0.15, -0.1) is 0 Å². The van der Waals surface area contributed by atoms with E-state index < -0.39 is 6.04 Å². The maximum absolute atomic E-state index is 12.8. The zero-order chi connectivity index (χ0) is 15.5. The number of nitrogens with zero attached hydrogens (tertiary/aromatic N) is 1. The average Bonchev–Trinajstić information content (AvgIpc) is 2.37. The van der Waals surface area contributed by atoms with Gasteiger partial charge in [0, 0.05) is 7.11 Å². The van der Waals surface area contributed by atoms with Crippen molar-refractivity contribution in [3.8, 4) is 0 Å². The van der Waals surface area contributed by atoms with E-state index >= 15 is 0 Å². The normalized spacial score (nSPS) is 25.6. The second kappa shape index (κ2) is 6.57. The molecule has 0 aliphatic carbocycles. The molecule has 1 fully saturated rings. The summed E-state index contributed by atoms with van der Waals surface area (Å²) in [5.41, 5.74) is -0.297. The molecule has 1 aliphatic heterocycles. The van der Waals surface area contributed by atoms with E-state index in [9.17, 15) is 9.59 Å². The molecule has 0 radical (unpaired) electrons. The van der Waals surface area contributed by atoms with Gasteiger partial charge in [0.1, 0.15) is 12.1 Å². The van der Waals surface area contributed by atoms with Crippen molar-refractivity contribution in [3.05, 3.63) is 0 Å². The van der Waals surface area contributed by atoms with Gasteiger partial charge in [-0.1, -0.05) is 34.6 Å². The van der Waals surface area contributed by atoms with Gasteiger partial charge in [-0.25, -0.2) is 0 Å². The van der Waals surface area contributed by atoms with Crippen LogP contribution in [0, 0.1) is 5.41 Å². The molecule has 0 spiro atoms. The molecule has 5 nitrogen and oxygen atoms in total. The number of amides is 2. The average molecular weight is 284 g/mol. The van der Waals surface area contributed by atoms with Crippen LogP contribution < -0.4 is 5.32 Å². The van der Waals surface area contributed by atoms with Gasteiger partial charge in [-0.3, -0.25) is 9.59 Å². The molecule has 1 rings (SSSR count). The van der Waals surface area contributed by atoms with Crippen molar-refractivity contribution in [2.75, 3.05) is 13.7 Å². The largest absolute Gasteiger partial charge is 0.383 e. The van der Waals surface area contributed by atoms with E-state index in [4.69, 9.17) is 4.74 Å². The van der Waals surface area contributed by atoms with Crippen LogP contribution in [0.4, 0.5) is 0 Å². The van der Waals surface area contributed by atoms with Gasteiger partial charge in [-0.05, 0) is 18.3 Å². The lowest BCUT2D eigenvalue weighted by atomic mass is 9.83. The lowest BCUT2D eigenvalue weighted by Gasteiger charge is -2.46. The van der Waals surface area contributed by atoms with Crippen LogP contribution in [0.2, 0.25) is 0 Å². The Labute approximate surface area is 122 Å². The van der Waals surface area contributed by atoms with Crippen molar-refractivity contribution in [2.45, 2.75) is 65.6 Å². The molecular formula is C15H28N2O3. The quantitative estimate of drug-likeness (QED) is 0.833. The molecule has 3 unspecified atom stereocenters. The van der Waals surface area contributed by atoms with E-state index in [1.54, 1.807) is 12.0 Å². The van der Waals surface area contributed by atoms with Crippen molar-refractivity contribution in [1.29, 1.82) is 0 Å². The maximum Gasteiger partial charge on any atom is 0.246 e. The van der Waals surface area contributed by atoms with Crippen molar-refractivity contribution < 1.29 is 14.3 Å². The summed E-state index contributed by atoms with van der Waals surface area (Å²) in [4.78, 5) is 26.9. The Morgan fingerprint density at radius 3 is 2.30 bits per heavy atom. The van der Waals surface area contributed by atoms with Crippen molar-refractivity contribution in [2.24, 2.45) is 5.41 Å². The smallest absolute Gasteiger partial charge is 0.246 e. The Morgan fingerprint density at radius 2 is 1.90 bits per heavy atom. The van der Waals surface area contributed by atoms with E-state index in [2.05, 4.69) is 5.32 Å². The van der Waals surface area contributed by atoms with Gasteiger partial charge >= 0.3 is 0 Å². The third kappa shape index (κ3) is 3.32. The van der Waals surface area contributed by atoms with E-state index in [0.29, 0.717) is 13.0 Å². The van der Waals surface area contributed by atoms with Crippen molar-refractivity contribution >= 4 is 11.8 Å². The second-order valence-corrected chi connectivity index (χ2v) is 6.49. The van der Waals surface area contributed by atoms with Gasteiger partial charge in [0.05, 0.1) is 12.6 Å². The van der Waals surface area contributed by atoms with E-state index in [1.807, 2.05) is 34.6 Å². The molecule has 1 heterocycles. The van der Waals surface area contributed by atoms with E-state index in [0.717, 1.165) is 6.42 Å². The molecule has 0 saturated carbocycles. The van der Waals surface area contributed by atoms with Crippen molar-refractivity contribution in [1.82, 2.24) is 10.2 Å². The number of piperazine rings is 1. The third-order valence-corrected chi connectivity index (χ3v) is 3.90. The van der Waals surface area contributed by atoms with Crippen LogP contribution in [-0.2, 0) is 14.3 Å². The highest BCUT2D eigenvalue weighted by Gasteiger charge is 2.46. The van der Waals surface area contributed by atoms with Gasteiger partial charge in [0.25, 0.3) is 0 Å². The molecule has 2 amide bonds. The Hall–Kier alpha value is -1.10. The van der Waals surface area contributed by atoms with Gasteiger partial charge < -0.3 is 15.0 Å². The van der Waals surface area contributed by atoms with Crippen LogP contribution >= 0.6 is 0 Å². The monoisotopic (exact) mass is 284 g/mol. The minimum atomic E-state index is -0.469. The standard InChI is InChI=1S/C15H28N2O3/c1-7-10(9-20-6)17-11(8-2)13(18)16-12(14(17)19)15(3,4)5/h10-12H,7-9H2,1-6H3,(H,16,18). The molecule has 5 heteroatoms. The summed E-state index contributed by atoms with van der Waals surface area (Å²) in [6, 6.07) is -0.904. The first-order valence-electron chi connectivity index (χ1n) is 7.39. The first-order valence-corrected chi connectivity index (χ1v) is 7.39. The molecule has 0 aromatic rings. The molecular weight excluding hydrogens is 256 g/mol. The number of ether oxygens (including phenoxy) is 1. The number of carbonyl (C=O) groups is 2. The highest BCUT2D eigenvalue weighted by atomic mass is 16.5. The molecule has 0 aromatic heterocycles. The fourth-order valence-electron chi connectivity index (χ4n) is 2.72. The van der Waals surface area contributed by atoms with E-state index in [1.165, 1.54) is 0 Å². The fraction of sp³-hybridized carbons (Fsp3) is 0.867. The minimum absolute atomic E-state index is 0.00727. The number of methoxy groups -OCH3 is 1. The number of nitrogens with one attached hydrogen (secondary N) is 1. The molecule has 20 heavy (non-hydrogen) atoms. The zero-order valence-corrected chi connectivity index (χ0v) is 13.5. The summed E-state index contributed by atoms with van der Waals surface area (Å²) in [6.07, 6.45) is 1.40. The summed E-state index contributed by atoms with van der Waals surface area (Å²) >= 11 is 0. The van der Waals surface area contributed by atoms with Gasteiger partial charge in [0.15, 0.2) is 0 Å². The SMILES string of the molecule is CCC(COC)N1C(=O)C(C(C)(C)C)NC(=O)C1CC. The second-order valence-electron chi connectivity index (χ2n) is 6.49. The van der Waals surface area contributed by atoms with Gasteiger partial charge in [-0.2, -0.15) is 0 Å². The Balaban J connectivity index is 3.12. The van der Waals surface area contributed by atoms with Crippen LogP contribution in [0.15, 0.2) is 0 Å². The predicted molar refractivity (Wildman–Crippen MR) is 78.3 cm³/mol. The summed E-state index contributed by atoms with van der Waals surface area (Å²) in [5.74, 6) is -0.0468. The highest BCUT2D eigenvalue weighted by molar-refractivity contribution is 5.97. The van der Waals surface area contributed by atoms with Crippen LogP contribution in [-0.4, -0.2) is 48.6 Å². The number of hydrogen-bond donors (Lipinski definition) is 1. The van der Waals surface area contributed by atoms with Crippen LogP contribution in [0.1, 0.15) is 47.5 Å². The number of hydrogen-bond acceptors (Lipinski definition) is 3. The van der Waals surface area contributed by atoms with Gasteiger partial charge in [0.2, 0.25) is 11.8 Å². The highest BCUT2D eigenvalue weighted by Crippen LogP contribution is 2.28. The third-order valence-electron chi connectivity index (χ3n) is 3.90. The first-order chi connectivity index (χ1) is 9.27. The molecule has 116 valence electrons. The minimum Gasteiger partial charge on any atom is -0.383 e. The number of carbonyl (C=O) groups excluding carboxylic acids is 2. The predicted octanol–water partition coefficient (Wildman–Crippen LogP) is 1.56. The molecule has 1 saturated heterocycles. The molecule has 3 atom stereocenters. The topological polar surface area (TPSA) is 58.6 Å². The summed E-state index contributed by atoms with van der Waals surface area (Å²) in [6.45, 7) is 10.3.